The van der Waals surface area contributed by atoms with Gasteiger partial charge in [0.2, 0.25) is 5.91 Å². The zero-order valence-corrected chi connectivity index (χ0v) is 28.0. The van der Waals surface area contributed by atoms with Crippen molar-refractivity contribution in [2.24, 2.45) is 0 Å². The topological polar surface area (TPSA) is 156 Å². The lowest BCUT2D eigenvalue weighted by Gasteiger charge is -2.35. The van der Waals surface area contributed by atoms with Gasteiger partial charge in [-0.05, 0) is 94.4 Å². The maximum Gasteiger partial charge on any atom is 0.320 e. The van der Waals surface area contributed by atoms with Gasteiger partial charge in [0.25, 0.3) is 5.91 Å². The summed E-state index contributed by atoms with van der Waals surface area (Å²) in [5.41, 5.74) is 3.93. The second kappa shape index (κ2) is 15.2. The predicted molar refractivity (Wildman–Crippen MR) is 186 cm³/mol. The van der Waals surface area contributed by atoms with Gasteiger partial charge in [0, 0.05) is 36.4 Å². The Morgan fingerprint density at radius 1 is 1.00 bits per heavy atom. The van der Waals surface area contributed by atoms with Gasteiger partial charge in [-0.3, -0.25) is 25.1 Å². The summed E-state index contributed by atoms with van der Waals surface area (Å²) in [6.45, 7) is 6.36. The summed E-state index contributed by atoms with van der Waals surface area (Å²) in [6, 6.07) is 19.9. The summed E-state index contributed by atoms with van der Waals surface area (Å²) in [5, 5.41) is 17.5. The number of carbonyl (C=O) groups is 3. The Bertz CT molecular complexity index is 1760. The van der Waals surface area contributed by atoms with Crippen LogP contribution in [0.1, 0.15) is 52.6 Å². The third kappa shape index (κ3) is 8.07. The largest absolute Gasteiger partial charge is 0.463 e. The van der Waals surface area contributed by atoms with Gasteiger partial charge in [-0.15, -0.1) is 0 Å². The average molecular weight is 653 g/mol. The Morgan fingerprint density at radius 3 is 2.40 bits per heavy atom. The zero-order valence-electron chi connectivity index (χ0n) is 28.0. The van der Waals surface area contributed by atoms with Crippen LogP contribution in [0.5, 0.6) is 0 Å². The van der Waals surface area contributed by atoms with Crippen molar-refractivity contribution in [3.05, 3.63) is 94.8 Å². The van der Waals surface area contributed by atoms with Gasteiger partial charge in [-0.25, -0.2) is 4.98 Å². The lowest BCUT2D eigenvalue weighted by atomic mass is 9.86. The number of nitrogens with one attached hydrogen (secondary N) is 5. The first kappa shape index (κ1) is 34.3. The predicted octanol–water partition coefficient (Wildman–Crippen LogP) is 3.77. The molecule has 0 radical (unpaired) electrons. The molecule has 12 heteroatoms. The fraction of sp³-hybridized carbons (Fsp3) is 0.361. The van der Waals surface area contributed by atoms with Crippen molar-refractivity contribution in [1.82, 2.24) is 30.4 Å². The Balaban J connectivity index is 1.27. The molecular weight excluding hydrogens is 608 g/mol. The molecule has 0 bridgehead atoms. The Labute approximate surface area is 280 Å². The number of likely N-dealkylation sites (tertiary alicyclic amines) is 1. The third-order valence-electron chi connectivity index (χ3n) is 8.61. The minimum atomic E-state index is -1.16. The van der Waals surface area contributed by atoms with E-state index in [0.29, 0.717) is 43.1 Å². The van der Waals surface area contributed by atoms with Crippen molar-refractivity contribution < 1.29 is 19.1 Å². The Morgan fingerprint density at radius 2 is 1.71 bits per heavy atom. The monoisotopic (exact) mass is 652 g/mol. The number of hydrogen-bond acceptors (Lipinski definition) is 9. The fourth-order valence-corrected chi connectivity index (χ4v) is 5.84. The third-order valence-corrected chi connectivity index (χ3v) is 8.61. The number of aryl methyl sites for hydroxylation is 1. The van der Waals surface area contributed by atoms with E-state index in [0.717, 1.165) is 40.7 Å². The SMILES string of the molecule is Cc1c([C@@](C)(NCC(=O)OCCN(C)C)C(=O)N2CCCC2)ccc2[nH]c(CNc3ccc(C(=N)NC(=O)c4ccccc4)cc3)nc12. The number of fused-ring (bicyclic) bond motifs is 1. The lowest BCUT2D eigenvalue weighted by molar-refractivity contribution is -0.144. The molecule has 12 nitrogen and oxygen atoms in total. The van der Waals surface area contributed by atoms with E-state index in [2.05, 4.69) is 20.9 Å². The molecule has 2 heterocycles. The molecule has 3 aromatic carbocycles. The van der Waals surface area contributed by atoms with Gasteiger partial charge in [-0.1, -0.05) is 24.3 Å². The molecule has 1 aliphatic heterocycles. The summed E-state index contributed by atoms with van der Waals surface area (Å²) in [5.74, 6) is -0.0871. The molecule has 5 N–H and O–H groups in total. The first-order valence-electron chi connectivity index (χ1n) is 16.2. The number of aromatic nitrogens is 2. The molecule has 4 aromatic rings. The van der Waals surface area contributed by atoms with Gasteiger partial charge in [0.1, 0.15) is 23.8 Å². The minimum absolute atomic E-state index is 0.0184. The van der Waals surface area contributed by atoms with Gasteiger partial charge in [-0.2, -0.15) is 0 Å². The Kier molecular flexibility index (Phi) is 10.9. The van der Waals surface area contributed by atoms with Crippen molar-refractivity contribution in [3.8, 4) is 0 Å². The van der Waals surface area contributed by atoms with Crippen molar-refractivity contribution in [2.75, 3.05) is 52.2 Å². The number of nitrogens with zero attached hydrogens (tertiary/aromatic N) is 3. The van der Waals surface area contributed by atoms with E-state index in [-0.39, 0.29) is 30.8 Å². The van der Waals surface area contributed by atoms with Crippen LogP contribution in [-0.4, -0.2) is 90.3 Å². The van der Waals surface area contributed by atoms with Crippen LogP contribution >= 0.6 is 0 Å². The second-order valence-electron chi connectivity index (χ2n) is 12.4. The van der Waals surface area contributed by atoms with Crippen molar-refractivity contribution in [2.45, 2.75) is 38.8 Å². The molecule has 0 saturated carbocycles. The molecule has 1 fully saturated rings. The summed E-state index contributed by atoms with van der Waals surface area (Å²) < 4.78 is 5.39. The number of anilines is 1. The summed E-state index contributed by atoms with van der Waals surface area (Å²) in [6.07, 6.45) is 1.91. The number of hydrogen-bond donors (Lipinski definition) is 5. The maximum atomic E-state index is 14.0. The quantitative estimate of drug-likeness (QED) is 0.0831. The summed E-state index contributed by atoms with van der Waals surface area (Å²) in [4.78, 5) is 51.0. The standard InChI is InChI=1S/C36H44N8O4/c1-24-28(36(2,35(47)44-18-8-9-19-44)39-23-31(45)48-21-20-43(3)4)16-17-29-32(24)41-30(40-29)22-38-27-14-12-25(13-15-27)33(37)42-34(46)26-10-6-5-7-11-26/h5-7,10-17,38-39H,8-9,18-23H2,1-4H3,(H,40,41)(H2,37,42,46)/t36-/m1/s1. The number of aromatic amines is 1. The number of ether oxygens (including phenoxy) is 1. The highest BCUT2D eigenvalue weighted by Crippen LogP contribution is 2.32. The van der Waals surface area contributed by atoms with E-state index >= 15 is 0 Å². The number of amidine groups is 1. The number of likely N-dealkylation sites (N-methyl/N-ethyl adjacent to an activating group) is 1. The molecule has 5 rings (SSSR count). The number of esters is 1. The normalized spacial score (nSPS) is 14.1. The molecular formula is C36H44N8O4. The smallest absolute Gasteiger partial charge is 0.320 e. The Hall–Kier alpha value is -5.07. The second-order valence-corrected chi connectivity index (χ2v) is 12.4. The molecule has 1 aliphatic rings. The van der Waals surface area contributed by atoms with Crippen LogP contribution in [0, 0.1) is 12.3 Å². The van der Waals surface area contributed by atoms with E-state index in [4.69, 9.17) is 15.1 Å². The number of imidazole rings is 1. The number of amides is 2. The molecule has 1 atom stereocenters. The molecule has 48 heavy (non-hydrogen) atoms. The lowest BCUT2D eigenvalue weighted by Crippen LogP contribution is -2.54. The van der Waals surface area contributed by atoms with Crippen LogP contribution in [0.2, 0.25) is 0 Å². The van der Waals surface area contributed by atoms with E-state index in [1.807, 2.05) is 68.1 Å². The van der Waals surface area contributed by atoms with Crippen LogP contribution in [-0.2, 0) is 26.4 Å². The van der Waals surface area contributed by atoms with Gasteiger partial charge >= 0.3 is 5.97 Å². The van der Waals surface area contributed by atoms with Crippen LogP contribution in [0.4, 0.5) is 5.69 Å². The van der Waals surface area contributed by atoms with Crippen molar-refractivity contribution >= 4 is 40.3 Å². The number of benzene rings is 3. The highest BCUT2D eigenvalue weighted by atomic mass is 16.5. The van der Waals surface area contributed by atoms with E-state index in [9.17, 15) is 14.4 Å². The summed E-state index contributed by atoms with van der Waals surface area (Å²) in [7, 11) is 3.82. The molecule has 0 unspecified atom stereocenters. The first-order chi connectivity index (χ1) is 23.0. The summed E-state index contributed by atoms with van der Waals surface area (Å²) >= 11 is 0. The van der Waals surface area contributed by atoms with Crippen molar-refractivity contribution in [1.29, 1.82) is 5.41 Å². The van der Waals surface area contributed by atoms with Gasteiger partial charge in [0.15, 0.2) is 0 Å². The maximum absolute atomic E-state index is 14.0. The van der Waals surface area contributed by atoms with Crippen LogP contribution < -0.4 is 16.0 Å². The number of rotatable bonds is 13. The first-order valence-corrected chi connectivity index (χ1v) is 16.2. The van der Waals surface area contributed by atoms with E-state index in [1.54, 1.807) is 36.4 Å². The molecule has 2 amide bonds. The molecule has 1 aromatic heterocycles. The molecule has 0 spiro atoms. The van der Waals surface area contributed by atoms with Crippen molar-refractivity contribution in [3.63, 3.8) is 0 Å². The molecule has 252 valence electrons. The zero-order chi connectivity index (χ0) is 34.3. The average Bonchev–Trinajstić information content (AvgIpc) is 3.78. The van der Waals surface area contributed by atoms with Gasteiger partial charge in [0.05, 0.1) is 24.1 Å². The van der Waals surface area contributed by atoms with Crippen LogP contribution in [0.15, 0.2) is 66.7 Å². The fourth-order valence-electron chi connectivity index (χ4n) is 5.84. The minimum Gasteiger partial charge on any atom is -0.463 e. The number of H-pyrrole nitrogens is 1. The molecule has 0 aliphatic carbocycles. The van der Waals surface area contributed by atoms with E-state index < -0.39 is 11.5 Å². The van der Waals surface area contributed by atoms with Gasteiger partial charge < -0.3 is 30.2 Å². The highest BCUT2D eigenvalue weighted by molar-refractivity contribution is 6.11. The number of carbonyl (C=O) groups excluding carboxylic acids is 3. The van der Waals surface area contributed by atoms with E-state index in [1.165, 1.54) is 0 Å². The van der Waals surface area contributed by atoms with Crippen LogP contribution in [0.3, 0.4) is 0 Å². The highest BCUT2D eigenvalue weighted by Gasteiger charge is 2.41. The van der Waals surface area contributed by atoms with Crippen LogP contribution in [0.25, 0.3) is 11.0 Å². The molecule has 1 saturated heterocycles.